The summed E-state index contributed by atoms with van der Waals surface area (Å²) in [6.45, 7) is 2.88. The normalized spacial score (nSPS) is 11.5. The summed E-state index contributed by atoms with van der Waals surface area (Å²) < 4.78 is 0. The van der Waals surface area contributed by atoms with Crippen LogP contribution in [0.1, 0.15) is 34.5 Å². The molecule has 0 saturated heterocycles. The Morgan fingerprint density at radius 2 is 1.50 bits per heavy atom. The number of para-hydroxylation sites is 1. The summed E-state index contributed by atoms with van der Waals surface area (Å²) >= 11 is 0. The van der Waals surface area contributed by atoms with Crippen LogP contribution >= 0.6 is 0 Å². The van der Waals surface area contributed by atoms with Gasteiger partial charge in [-0.1, -0.05) is 72.8 Å². The van der Waals surface area contributed by atoms with E-state index < -0.39 is 0 Å². The van der Waals surface area contributed by atoms with E-state index in [1.54, 1.807) is 18.2 Å². The minimum absolute atomic E-state index is 0.137. The number of carbonyl (C=O) groups is 2. The maximum absolute atomic E-state index is 12.6. The Morgan fingerprint density at radius 1 is 0.867 bits per heavy atom. The highest BCUT2D eigenvalue weighted by atomic mass is 16.2. The summed E-state index contributed by atoms with van der Waals surface area (Å²) in [7, 11) is 0. The first-order valence-corrected chi connectivity index (χ1v) is 10.2. The van der Waals surface area contributed by atoms with Crippen LogP contribution in [0.25, 0.3) is 0 Å². The Kier molecular flexibility index (Phi) is 7.75. The number of benzene rings is 3. The summed E-state index contributed by atoms with van der Waals surface area (Å²) in [6.07, 6.45) is 0.757. The molecular weight excluding hydrogens is 374 g/mol. The van der Waals surface area contributed by atoms with Gasteiger partial charge in [0, 0.05) is 12.1 Å². The van der Waals surface area contributed by atoms with E-state index in [0.29, 0.717) is 17.8 Å². The third-order valence-electron chi connectivity index (χ3n) is 4.97. The molecule has 1 atom stereocenters. The largest absolute Gasteiger partial charge is 0.352 e. The van der Waals surface area contributed by atoms with Gasteiger partial charge < -0.3 is 16.0 Å². The molecule has 3 aromatic carbocycles. The molecule has 0 aliphatic rings. The second kappa shape index (κ2) is 10.9. The second-order valence-corrected chi connectivity index (χ2v) is 7.22. The molecular formula is C25H28N3O2+. The Labute approximate surface area is 177 Å². The number of nitrogens with two attached hydrogens (primary N) is 1. The average Bonchev–Trinajstić information content (AvgIpc) is 2.79. The van der Waals surface area contributed by atoms with Gasteiger partial charge in [-0.25, -0.2) is 0 Å². The van der Waals surface area contributed by atoms with E-state index >= 15 is 0 Å². The van der Waals surface area contributed by atoms with E-state index in [1.807, 2.05) is 72.0 Å². The Bertz CT molecular complexity index is 958. The fraction of sp³-hybridized carbons (Fsp3) is 0.200. The van der Waals surface area contributed by atoms with Crippen molar-refractivity contribution in [2.75, 3.05) is 18.4 Å². The van der Waals surface area contributed by atoms with Gasteiger partial charge in [-0.2, -0.15) is 0 Å². The van der Waals surface area contributed by atoms with Gasteiger partial charge in [0.15, 0.2) is 6.54 Å². The lowest BCUT2D eigenvalue weighted by Gasteiger charge is -2.13. The fourth-order valence-corrected chi connectivity index (χ4v) is 3.23. The van der Waals surface area contributed by atoms with Crippen molar-refractivity contribution in [1.29, 1.82) is 0 Å². The van der Waals surface area contributed by atoms with Crippen molar-refractivity contribution in [1.82, 2.24) is 5.32 Å². The van der Waals surface area contributed by atoms with Gasteiger partial charge in [0.1, 0.15) is 6.04 Å². The number of hydrogen-bond donors (Lipinski definition) is 3. The van der Waals surface area contributed by atoms with Crippen LogP contribution in [0, 0.1) is 0 Å². The summed E-state index contributed by atoms with van der Waals surface area (Å²) in [5, 5.41) is 7.79. The first kappa shape index (κ1) is 21.3. The van der Waals surface area contributed by atoms with E-state index in [-0.39, 0.29) is 24.4 Å². The Balaban J connectivity index is 1.52. The predicted octanol–water partition coefficient (Wildman–Crippen LogP) is 2.92. The number of carbonyl (C=O) groups excluding carboxylic acids is 2. The van der Waals surface area contributed by atoms with E-state index in [0.717, 1.165) is 6.42 Å². The maximum atomic E-state index is 12.6. The Hall–Kier alpha value is -3.44. The number of amides is 2. The summed E-state index contributed by atoms with van der Waals surface area (Å²) in [4.78, 5) is 25.1. The van der Waals surface area contributed by atoms with Crippen LogP contribution in [0.3, 0.4) is 0 Å². The van der Waals surface area contributed by atoms with Crippen molar-refractivity contribution < 1.29 is 14.9 Å². The van der Waals surface area contributed by atoms with Crippen molar-refractivity contribution in [3.63, 3.8) is 0 Å². The summed E-state index contributed by atoms with van der Waals surface area (Å²) in [5.74, 6) is -0.328. The third-order valence-corrected chi connectivity index (χ3v) is 4.97. The molecule has 0 radical (unpaired) electrons. The number of rotatable bonds is 9. The highest BCUT2D eigenvalue weighted by Crippen LogP contribution is 2.15. The average molecular weight is 403 g/mol. The van der Waals surface area contributed by atoms with Gasteiger partial charge >= 0.3 is 0 Å². The fourth-order valence-electron chi connectivity index (χ4n) is 3.23. The molecule has 2 amide bonds. The first-order chi connectivity index (χ1) is 14.6. The molecule has 154 valence electrons. The van der Waals surface area contributed by atoms with Crippen molar-refractivity contribution in [3.05, 3.63) is 102 Å². The molecule has 4 N–H and O–H groups in total. The van der Waals surface area contributed by atoms with E-state index in [4.69, 9.17) is 0 Å². The van der Waals surface area contributed by atoms with E-state index in [1.165, 1.54) is 11.1 Å². The van der Waals surface area contributed by atoms with Crippen LogP contribution in [-0.2, 0) is 11.2 Å². The molecule has 0 bridgehead atoms. The number of quaternary nitrogens is 1. The third kappa shape index (κ3) is 6.29. The zero-order valence-electron chi connectivity index (χ0n) is 17.2. The van der Waals surface area contributed by atoms with Gasteiger partial charge in [0.25, 0.3) is 11.8 Å². The first-order valence-electron chi connectivity index (χ1n) is 10.2. The molecule has 0 fully saturated rings. The molecule has 3 rings (SSSR count). The van der Waals surface area contributed by atoms with Crippen molar-refractivity contribution in [2.24, 2.45) is 0 Å². The van der Waals surface area contributed by atoms with Gasteiger partial charge in [0.2, 0.25) is 0 Å². The Morgan fingerprint density at radius 3 is 2.23 bits per heavy atom. The zero-order valence-corrected chi connectivity index (χ0v) is 17.2. The SMILES string of the molecule is C[C@@H]([NH2+]CC(=O)Nc1ccccc1C(=O)NCCc1ccccc1)c1ccccc1. The minimum Gasteiger partial charge on any atom is -0.352 e. The number of nitrogens with one attached hydrogen (secondary N) is 2. The highest BCUT2D eigenvalue weighted by molar-refractivity contribution is 6.03. The second-order valence-electron chi connectivity index (χ2n) is 7.22. The van der Waals surface area contributed by atoms with Crippen LogP contribution in [-0.4, -0.2) is 24.9 Å². The van der Waals surface area contributed by atoms with Crippen LogP contribution in [0.2, 0.25) is 0 Å². The molecule has 0 saturated carbocycles. The van der Waals surface area contributed by atoms with Crippen molar-refractivity contribution in [3.8, 4) is 0 Å². The maximum Gasteiger partial charge on any atom is 0.279 e. The molecule has 30 heavy (non-hydrogen) atoms. The van der Waals surface area contributed by atoms with Gasteiger partial charge in [-0.15, -0.1) is 0 Å². The minimum atomic E-state index is -0.191. The summed E-state index contributed by atoms with van der Waals surface area (Å²) in [6, 6.07) is 27.3. The molecule has 0 heterocycles. The van der Waals surface area contributed by atoms with Crippen molar-refractivity contribution in [2.45, 2.75) is 19.4 Å². The molecule has 5 heteroatoms. The monoisotopic (exact) mass is 402 g/mol. The van der Waals surface area contributed by atoms with E-state index in [9.17, 15) is 9.59 Å². The van der Waals surface area contributed by atoms with Crippen LogP contribution < -0.4 is 16.0 Å². The zero-order chi connectivity index (χ0) is 21.2. The highest BCUT2D eigenvalue weighted by Gasteiger charge is 2.15. The van der Waals surface area contributed by atoms with Crippen LogP contribution in [0.15, 0.2) is 84.9 Å². The predicted molar refractivity (Wildman–Crippen MR) is 119 cm³/mol. The molecule has 0 spiro atoms. The molecule has 5 nitrogen and oxygen atoms in total. The number of hydrogen-bond acceptors (Lipinski definition) is 2. The molecule has 0 unspecified atom stereocenters. The lowest BCUT2D eigenvalue weighted by molar-refractivity contribution is -0.682. The topological polar surface area (TPSA) is 74.8 Å². The van der Waals surface area contributed by atoms with Crippen molar-refractivity contribution >= 4 is 17.5 Å². The lowest BCUT2D eigenvalue weighted by atomic mass is 10.1. The van der Waals surface area contributed by atoms with Crippen LogP contribution in [0.5, 0.6) is 0 Å². The van der Waals surface area contributed by atoms with Crippen LogP contribution in [0.4, 0.5) is 5.69 Å². The summed E-state index contributed by atoms with van der Waals surface area (Å²) in [5.41, 5.74) is 3.33. The molecule has 0 aromatic heterocycles. The molecule has 3 aromatic rings. The van der Waals surface area contributed by atoms with Gasteiger partial charge in [-0.05, 0) is 31.0 Å². The van der Waals surface area contributed by atoms with Gasteiger partial charge in [0.05, 0.1) is 11.3 Å². The lowest BCUT2D eigenvalue weighted by Crippen LogP contribution is -2.86. The van der Waals surface area contributed by atoms with Gasteiger partial charge in [-0.3, -0.25) is 9.59 Å². The smallest absolute Gasteiger partial charge is 0.279 e. The molecule has 0 aliphatic carbocycles. The quantitative estimate of drug-likeness (QED) is 0.515. The molecule has 0 aliphatic heterocycles. The van der Waals surface area contributed by atoms with E-state index in [2.05, 4.69) is 17.6 Å². The standard InChI is InChI=1S/C25H27N3O2/c1-19(21-12-6-3-7-13-21)27-18-24(29)28-23-15-9-8-14-22(23)25(30)26-17-16-20-10-4-2-5-11-20/h2-15,19,27H,16-18H2,1H3,(H,26,30)(H,28,29)/p+1/t19-/m1/s1. The number of anilines is 1.